The fourth-order valence-corrected chi connectivity index (χ4v) is 2.41. The average Bonchev–Trinajstić information content (AvgIpc) is 2.58. The first-order valence-corrected chi connectivity index (χ1v) is 8.00. The third-order valence-corrected chi connectivity index (χ3v) is 4.15. The second-order valence-corrected chi connectivity index (χ2v) is 6.09. The van der Waals surface area contributed by atoms with E-state index in [2.05, 4.69) is 10.6 Å². The first-order chi connectivity index (χ1) is 12.5. The van der Waals surface area contributed by atoms with E-state index < -0.39 is 34.3 Å². The van der Waals surface area contributed by atoms with Gasteiger partial charge in [-0.1, -0.05) is 12.1 Å². The van der Waals surface area contributed by atoms with Crippen LogP contribution < -0.4 is 10.6 Å². The Morgan fingerprint density at radius 1 is 1.15 bits per heavy atom. The van der Waals surface area contributed by atoms with E-state index in [4.69, 9.17) is 0 Å². The summed E-state index contributed by atoms with van der Waals surface area (Å²) in [6, 6.07) is 6.58. The van der Waals surface area contributed by atoms with Crippen LogP contribution in [0.3, 0.4) is 0 Å². The Morgan fingerprint density at radius 2 is 1.81 bits per heavy atom. The summed E-state index contributed by atoms with van der Waals surface area (Å²) >= 11 is 0. The van der Waals surface area contributed by atoms with Gasteiger partial charge in [-0.05, 0) is 50.1 Å². The van der Waals surface area contributed by atoms with Crippen LogP contribution in [-0.4, -0.2) is 16.9 Å². The van der Waals surface area contributed by atoms with Crippen LogP contribution in [0.2, 0.25) is 0 Å². The van der Waals surface area contributed by atoms with Crippen molar-refractivity contribution in [2.75, 3.05) is 10.6 Å². The van der Waals surface area contributed by atoms with Crippen LogP contribution in [0.5, 0.6) is 0 Å². The molecule has 0 aliphatic rings. The highest BCUT2D eigenvalue weighted by Crippen LogP contribution is 2.35. The number of aryl methyl sites for hydroxylation is 1. The molecule has 0 aliphatic heterocycles. The van der Waals surface area contributed by atoms with Gasteiger partial charge in [0.15, 0.2) is 0 Å². The molecule has 144 valence electrons. The van der Waals surface area contributed by atoms with E-state index in [0.717, 1.165) is 23.3 Å². The highest BCUT2D eigenvalue weighted by atomic mass is 19.4. The molecular weight excluding hydrogens is 363 g/mol. The minimum Gasteiger partial charge on any atom is -0.368 e. The summed E-state index contributed by atoms with van der Waals surface area (Å²) in [6.07, 6.45) is -4.70. The van der Waals surface area contributed by atoms with Gasteiger partial charge in [0.25, 0.3) is 5.69 Å². The highest BCUT2D eigenvalue weighted by molar-refractivity contribution is 5.97. The molecule has 9 heteroatoms. The van der Waals surface area contributed by atoms with Crippen molar-refractivity contribution in [1.82, 2.24) is 0 Å². The van der Waals surface area contributed by atoms with Crippen LogP contribution in [0.25, 0.3) is 0 Å². The molecule has 1 amide bonds. The molecule has 0 aromatic heterocycles. The Kier molecular flexibility index (Phi) is 5.72. The lowest BCUT2D eigenvalue weighted by atomic mass is 10.1. The van der Waals surface area contributed by atoms with Crippen molar-refractivity contribution >= 4 is 23.0 Å². The van der Waals surface area contributed by atoms with Crippen LogP contribution in [0.4, 0.5) is 30.2 Å². The lowest BCUT2D eigenvalue weighted by Gasteiger charge is -2.17. The molecule has 0 radical (unpaired) electrons. The summed E-state index contributed by atoms with van der Waals surface area (Å²) in [5.74, 6) is -0.474. The summed E-state index contributed by atoms with van der Waals surface area (Å²) in [5.41, 5.74) is 0.390. The number of nitrogens with zero attached hydrogens (tertiary/aromatic N) is 1. The van der Waals surface area contributed by atoms with Crippen molar-refractivity contribution in [3.05, 3.63) is 63.2 Å². The predicted octanol–water partition coefficient (Wildman–Crippen LogP) is 4.67. The van der Waals surface area contributed by atoms with Gasteiger partial charge in [-0.15, -0.1) is 0 Å². The molecule has 0 spiro atoms. The van der Waals surface area contributed by atoms with Crippen LogP contribution >= 0.6 is 0 Å². The topological polar surface area (TPSA) is 84.3 Å². The minimum atomic E-state index is -4.70. The smallest absolute Gasteiger partial charge is 0.368 e. The van der Waals surface area contributed by atoms with E-state index in [0.29, 0.717) is 11.8 Å². The summed E-state index contributed by atoms with van der Waals surface area (Å²) in [5, 5.41) is 16.4. The largest absolute Gasteiger partial charge is 0.416 e. The molecule has 2 rings (SSSR count). The van der Waals surface area contributed by atoms with Crippen molar-refractivity contribution in [2.45, 2.75) is 33.0 Å². The number of hydrogen-bond acceptors (Lipinski definition) is 4. The molecule has 2 aromatic carbocycles. The van der Waals surface area contributed by atoms with E-state index in [-0.39, 0.29) is 5.69 Å². The van der Waals surface area contributed by atoms with E-state index in [9.17, 15) is 28.1 Å². The second kappa shape index (κ2) is 7.65. The molecule has 0 saturated carbocycles. The quantitative estimate of drug-likeness (QED) is 0.582. The van der Waals surface area contributed by atoms with Gasteiger partial charge >= 0.3 is 6.18 Å². The van der Waals surface area contributed by atoms with Crippen LogP contribution in [0.1, 0.15) is 23.6 Å². The van der Waals surface area contributed by atoms with Gasteiger partial charge in [-0.3, -0.25) is 14.9 Å². The zero-order valence-corrected chi connectivity index (χ0v) is 14.8. The van der Waals surface area contributed by atoms with Gasteiger partial charge in [0.2, 0.25) is 5.91 Å². The molecule has 0 heterocycles. The molecule has 2 N–H and O–H groups in total. The number of nitro benzene ring substituents is 1. The Morgan fingerprint density at radius 3 is 2.41 bits per heavy atom. The zero-order chi connectivity index (χ0) is 20.4. The van der Waals surface area contributed by atoms with Gasteiger partial charge in [0.05, 0.1) is 10.5 Å². The molecule has 1 atom stereocenters. The molecule has 27 heavy (non-hydrogen) atoms. The van der Waals surface area contributed by atoms with Gasteiger partial charge in [-0.25, -0.2) is 0 Å². The van der Waals surface area contributed by atoms with Gasteiger partial charge in [-0.2, -0.15) is 13.2 Å². The number of nitrogens with one attached hydrogen (secondary N) is 2. The highest BCUT2D eigenvalue weighted by Gasteiger charge is 2.33. The summed E-state index contributed by atoms with van der Waals surface area (Å²) < 4.78 is 38.3. The number of rotatable bonds is 5. The first-order valence-electron chi connectivity index (χ1n) is 8.00. The first kappa shape index (κ1) is 20.2. The molecule has 0 bridgehead atoms. The normalized spacial score (nSPS) is 12.4. The molecular formula is C18H18F3N3O3. The summed E-state index contributed by atoms with van der Waals surface area (Å²) in [7, 11) is 0. The van der Waals surface area contributed by atoms with E-state index in [1.54, 1.807) is 12.1 Å². The van der Waals surface area contributed by atoms with Crippen molar-refractivity contribution < 1.29 is 22.9 Å². The van der Waals surface area contributed by atoms with Crippen LogP contribution in [-0.2, 0) is 11.0 Å². The van der Waals surface area contributed by atoms with Crippen molar-refractivity contribution in [2.24, 2.45) is 0 Å². The summed E-state index contributed by atoms with van der Waals surface area (Å²) in [6.45, 7) is 5.18. The molecule has 6 nitrogen and oxygen atoms in total. The number of alkyl halides is 3. The number of hydrogen-bond donors (Lipinski definition) is 2. The second-order valence-electron chi connectivity index (χ2n) is 6.09. The molecule has 2 aromatic rings. The van der Waals surface area contributed by atoms with Crippen molar-refractivity contribution in [3.63, 3.8) is 0 Å². The monoisotopic (exact) mass is 381 g/mol. The maximum Gasteiger partial charge on any atom is 0.416 e. The van der Waals surface area contributed by atoms with Crippen LogP contribution in [0, 0.1) is 24.0 Å². The SMILES string of the molecule is Cc1cccc(NC(=O)[C@H](C)Nc2ccc(C(F)(F)F)cc2[N+](=O)[O-])c1C. The number of anilines is 2. The predicted molar refractivity (Wildman–Crippen MR) is 95.7 cm³/mol. The van der Waals surface area contributed by atoms with E-state index in [1.807, 2.05) is 19.9 Å². The van der Waals surface area contributed by atoms with Gasteiger partial charge < -0.3 is 10.6 Å². The number of benzene rings is 2. The number of carbonyl (C=O) groups excluding carboxylic acids is 1. The molecule has 0 fully saturated rings. The molecule has 0 aliphatic carbocycles. The maximum absolute atomic E-state index is 12.8. The number of carbonyl (C=O) groups is 1. The van der Waals surface area contributed by atoms with Crippen molar-refractivity contribution in [3.8, 4) is 0 Å². The lowest BCUT2D eigenvalue weighted by Crippen LogP contribution is -2.32. The average molecular weight is 381 g/mol. The third-order valence-electron chi connectivity index (χ3n) is 4.15. The Balaban J connectivity index is 2.21. The van der Waals surface area contributed by atoms with E-state index >= 15 is 0 Å². The van der Waals surface area contributed by atoms with Gasteiger partial charge in [0, 0.05) is 11.8 Å². The van der Waals surface area contributed by atoms with Crippen molar-refractivity contribution in [1.29, 1.82) is 0 Å². The number of amides is 1. The summed E-state index contributed by atoms with van der Waals surface area (Å²) in [4.78, 5) is 22.6. The Labute approximate surface area is 153 Å². The standard InChI is InChI=1S/C18H18F3N3O3/c1-10-5-4-6-14(11(10)2)23-17(25)12(3)22-15-8-7-13(18(19,20)21)9-16(15)24(26)27/h4-9,12,22H,1-3H3,(H,23,25)/t12-/m0/s1. The van der Waals surface area contributed by atoms with Gasteiger partial charge in [0.1, 0.15) is 11.7 Å². The third kappa shape index (κ3) is 4.75. The number of nitro groups is 1. The zero-order valence-electron chi connectivity index (χ0n) is 14.8. The Bertz CT molecular complexity index is 882. The molecule has 0 unspecified atom stereocenters. The van der Waals surface area contributed by atoms with E-state index in [1.165, 1.54) is 6.92 Å². The maximum atomic E-state index is 12.8. The Hall–Kier alpha value is -3.10. The fourth-order valence-electron chi connectivity index (χ4n) is 2.41. The van der Waals surface area contributed by atoms with Crippen LogP contribution in [0.15, 0.2) is 36.4 Å². The molecule has 0 saturated heterocycles. The lowest BCUT2D eigenvalue weighted by molar-refractivity contribution is -0.384. The fraction of sp³-hybridized carbons (Fsp3) is 0.278. The number of halogens is 3. The minimum absolute atomic E-state index is 0.170.